The largest absolute Gasteiger partial charge is 0.337 e. The van der Waals surface area contributed by atoms with Crippen LogP contribution in [0.15, 0.2) is 60.3 Å². The topological polar surface area (TPSA) is 4.93 Å². The average molecular weight is 354 g/mol. The molecule has 1 atom stereocenters. The second-order valence-electron chi connectivity index (χ2n) is 8.01. The van der Waals surface area contributed by atoms with Gasteiger partial charge in [0.15, 0.2) is 0 Å². The molecule has 0 saturated heterocycles. The van der Waals surface area contributed by atoms with Crippen LogP contribution in [0.3, 0.4) is 0 Å². The Morgan fingerprint density at radius 3 is 2.59 bits per heavy atom. The van der Waals surface area contributed by atoms with E-state index in [-0.39, 0.29) is 0 Å². The summed E-state index contributed by atoms with van der Waals surface area (Å²) < 4.78 is 2.64. The molecule has 4 aliphatic rings. The van der Waals surface area contributed by atoms with E-state index >= 15 is 0 Å². The third kappa shape index (κ3) is 2.45. The molecule has 0 radical (unpaired) electrons. The fourth-order valence-corrected chi connectivity index (χ4v) is 5.39. The predicted octanol–water partition coefficient (Wildman–Crippen LogP) is 7.13. The average Bonchev–Trinajstić information content (AvgIpc) is 3.03. The molecular formula is C26H27N. The molecule has 27 heavy (non-hydrogen) atoms. The van der Waals surface area contributed by atoms with E-state index in [1.165, 1.54) is 71.3 Å². The third-order valence-electron chi connectivity index (χ3n) is 6.49. The lowest BCUT2D eigenvalue weighted by Crippen LogP contribution is -2.22. The smallest absolute Gasteiger partial charge is 0.0536 e. The van der Waals surface area contributed by atoms with Crippen molar-refractivity contribution in [3.8, 4) is 0 Å². The van der Waals surface area contributed by atoms with Crippen LogP contribution in [0.1, 0.15) is 67.6 Å². The highest BCUT2D eigenvalue weighted by Crippen LogP contribution is 2.50. The minimum atomic E-state index is 0.390. The Morgan fingerprint density at radius 2 is 1.81 bits per heavy atom. The fourth-order valence-electron chi connectivity index (χ4n) is 5.39. The van der Waals surface area contributed by atoms with Gasteiger partial charge in [-0.2, -0.15) is 0 Å². The molecule has 1 heteroatoms. The zero-order valence-electron chi connectivity index (χ0n) is 16.1. The van der Waals surface area contributed by atoms with Gasteiger partial charge in [-0.3, -0.25) is 0 Å². The summed E-state index contributed by atoms with van der Waals surface area (Å²) in [5, 5.41) is 0. The minimum absolute atomic E-state index is 0.390. The van der Waals surface area contributed by atoms with Crippen LogP contribution in [0, 0.1) is 5.92 Å². The Morgan fingerprint density at radius 1 is 1.04 bits per heavy atom. The molecule has 0 aromatic carbocycles. The Bertz CT molecular complexity index is 978. The summed E-state index contributed by atoms with van der Waals surface area (Å²) in [4.78, 5) is 0. The highest BCUT2D eigenvalue weighted by Gasteiger charge is 2.36. The normalized spacial score (nSPS) is 23.6. The van der Waals surface area contributed by atoms with Crippen LogP contribution in [-0.4, -0.2) is 4.57 Å². The van der Waals surface area contributed by atoms with Gasteiger partial charge in [0.25, 0.3) is 0 Å². The van der Waals surface area contributed by atoms with Gasteiger partial charge in [-0.15, -0.1) is 0 Å². The first kappa shape index (κ1) is 16.6. The van der Waals surface area contributed by atoms with Crippen LogP contribution < -0.4 is 0 Å². The van der Waals surface area contributed by atoms with E-state index < -0.39 is 0 Å². The zero-order valence-corrected chi connectivity index (χ0v) is 16.1. The number of aromatic nitrogens is 1. The Labute approximate surface area is 162 Å². The fraction of sp³-hybridized carbons (Fsp3) is 0.308. The van der Waals surface area contributed by atoms with E-state index in [0.29, 0.717) is 12.0 Å². The van der Waals surface area contributed by atoms with Gasteiger partial charge < -0.3 is 4.57 Å². The van der Waals surface area contributed by atoms with Crippen molar-refractivity contribution in [2.75, 3.05) is 0 Å². The second kappa shape index (κ2) is 6.56. The maximum atomic E-state index is 4.21. The summed E-state index contributed by atoms with van der Waals surface area (Å²) in [6.07, 6.45) is 29.2. The lowest BCUT2D eigenvalue weighted by molar-refractivity contribution is 0.350. The van der Waals surface area contributed by atoms with Crippen molar-refractivity contribution in [1.29, 1.82) is 0 Å². The molecule has 136 valence electrons. The summed E-state index contributed by atoms with van der Waals surface area (Å²) in [6, 6.07) is 0.591. The number of nitrogens with zero attached hydrogens (tertiary/aromatic N) is 1. The first-order valence-corrected chi connectivity index (χ1v) is 10.3. The molecule has 1 saturated carbocycles. The van der Waals surface area contributed by atoms with Gasteiger partial charge in [-0.25, -0.2) is 0 Å². The highest BCUT2D eigenvalue weighted by atomic mass is 15.0. The van der Waals surface area contributed by atoms with Gasteiger partial charge in [-0.1, -0.05) is 74.4 Å². The van der Waals surface area contributed by atoms with Crippen LogP contribution in [0.2, 0.25) is 0 Å². The van der Waals surface area contributed by atoms with Gasteiger partial charge >= 0.3 is 0 Å². The SMILES string of the molecule is C=Cc1c(/C=C\C)c2c(n1C1CCCCC1)C1=CC=CC3=CC=CC(=C2)C31. The van der Waals surface area contributed by atoms with E-state index in [2.05, 4.69) is 78.8 Å². The Balaban J connectivity index is 1.82. The molecule has 0 spiro atoms. The van der Waals surface area contributed by atoms with E-state index in [4.69, 9.17) is 0 Å². The van der Waals surface area contributed by atoms with Crippen LogP contribution >= 0.6 is 0 Å². The van der Waals surface area contributed by atoms with Gasteiger partial charge in [0.1, 0.15) is 0 Å². The highest BCUT2D eigenvalue weighted by molar-refractivity contribution is 5.92. The number of fused-ring (bicyclic) bond motifs is 2. The quantitative estimate of drug-likeness (QED) is 0.544. The molecule has 1 aromatic heterocycles. The van der Waals surface area contributed by atoms with Crippen molar-refractivity contribution in [3.05, 3.63) is 82.8 Å². The molecule has 0 aliphatic heterocycles. The number of rotatable bonds is 3. The number of allylic oxidation sites excluding steroid dienone is 10. The molecule has 4 aliphatic carbocycles. The zero-order chi connectivity index (χ0) is 18.4. The summed E-state index contributed by atoms with van der Waals surface area (Å²) >= 11 is 0. The van der Waals surface area contributed by atoms with Gasteiger partial charge in [0, 0.05) is 28.8 Å². The Hall–Kier alpha value is -2.54. The van der Waals surface area contributed by atoms with Crippen LogP contribution in [0.4, 0.5) is 0 Å². The monoisotopic (exact) mass is 353 g/mol. The number of hydrogen-bond acceptors (Lipinski definition) is 0. The molecule has 1 fully saturated rings. The molecule has 5 rings (SSSR count). The lowest BCUT2D eigenvalue weighted by atomic mass is 9.73. The molecule has 0 bridgehead atoms. The van der Waals surface area contributed by atoms with E-state index in [9.17, 15) is 0 Å². The van der Waals surface area contributed by atoms with Gasteiger partial charge in [0.2, 0.25) is 0 Å². The minimum Gasteiger partial charge on any atom is -0.337 e. The summed E-state index contributed by atoms with van der Waals surface area (Å²) in [5.41, 5.74) is 9.74. The van der Waals surface area contributed by atoms with Crippen LogP contribution in [0.25, 0.3) is 23.8 Å². The van der Waals surface area contributed by atoms with Crippen molar-refractivity contribution in [3.63, 3.8) is 0 Å². The maximum Gasteiger partial charge on any atom is 0.0536 e. The maximum absolute atomic E-state index is 4.21. The van der Waals surface area contributed by atoms with Crippen molar-refractivity contribution in [2.45, 2.75) is 45.1 Å². The van der Waals surface area contributed by atoms with Crippen LogP contribution in [0.5, 0.6) is 0 Å². The first-order chi connectivity index (χ1) is 13.3. The number of hydrogen-bond donors (Lipinski definition) is 0. The molecule has 1 aromatic rings. The van der Waals surface area contributed by atoms with Crippen molar-refractivity contribution < 1.29 is 0 Å². The Kier molecular flexibility index (Phi) is 4.04. The third-order valence-corrected chi connectivity index (χ3v) is 6.49. The molecule has 1 nitrogen and oxygen atoms in total. The van der Waals surface area contributed by atoms with Gasteiger partial charge in [-0.05, 0) is 48.6 Å². The first-order valence-electron chi connectivity index (χ1n) is 10.3. The van der Waals surface area contributed by atoms with Crippen molar-refractivity contribution in [2.24, 2.45) is 5.92 Å². The predicted molar refractivity (Wildman–Crippen MR) is 117 cm³/mol. The summed E-state index contributed by atoms with van der Waals surface area (Å²) in [7, 11) is 0. The molecule has 1 unspecified atom stereocenters. The standard InChI is InChI=1S/C26H27N/c1-3-10-21-23-17-19-13-8-11-18-12-9-16-22(25(18)19)26(23)27(24(21)4-2)20-14-6-5-7-15-20/h3-4,8-13,16-17,20,25H,2,5-7,14-15H2,1H3/b10-3-. The van der Waals surface area contributed by atoms with Gasteiger partial charge in [0.05, 0.1) is 5.69 Å². The van der Waals surface area contributed by atoms with Crippen molar-refractivity contribution >= 4 is 23.8 Å². The molecule has 1 heterocycles. The second-order valence-corrected chi connectivity index (χ2v) is 8.01. The molecule has 0 N–H and O–H groups in total. The summed E-state index contributed by atoms with van der Waals surface area (Å²) in [5.74, 6) is 0.390. The van der Waals surface area contributed by atoms with Crippen LogP contribution in [-0.2, 0) is 0 Å². The van der Waals surface area contributed by atoms with E-state index in [0.717, 1.165) is 0 Å². The molecular weight excluding hydrogens is 326 g/mol. The molecule has 0 amide bonds. The summed E-state index contributed by atoms with van der Waals surface area (Å²) in [6.45, 7) is 6.32. The van der Waals surface area contributed by atoms with E-state index in [1.54, 1.807) is 0 Å². The lowest BCUT2D eigenvalue weighted by Gasteiger charge is -2.34. The van der Waals surface area contributed by atoms with E-state index in [1.807, 2.05) is 0 Å². The van der Waals surface area contributed by atoms with Crippen molar-refractivity contribution in [1.82, 2.24) is 4.57 Å².